The molecule has 2 N–H and O–H groups in total. The first-order chi connectivity index (χ1) is 13.2. The highest BCUT2D eigenvalue weighted by Crippen LogP contribution is 2.40. The maximum Gasteiger partial charge on any atom is 0.410 e. The zero-order chi connectivity index (χ0) is 19.7. The van der Waals surface area contributed by atoms with Gasteiger partial charge in [-0.15, -0.1) is 0 Å². The molecular weight excluding hydrogens is 376 g/mol. The molecule has 0 unspecified atom stereocenters. The number of aromatic nitrogens is 2. The number of amides is 1. The van der Waals surface area contributed by atoms with Gasteiger partial charge in [0.1, 0.15) is 10.8 Å². The number of nitrogens with zero attached hydrogens (tertiary/aromatic N) is 2. The van der Waals surface area contributed by atoms with Gasteiger partial charge in [0, 0.05) is 49.2 Å². The van der Waals surface area contributed by atoms with Crippen LogP contribution in [0.15, 0.2) is 12.3 Å². The summed E-state index contributed by atoms with van der Waals surface area (Å²) in [6.07, 6.45) is 4.57. The summed E-state index contributed by atoms with van der Waals surface area (Å²) in [6, 6.07) is 1.97. The lowest BCUT2D eigenvalue weighted by Crippen LogP contribution is -2.72. The van der Waals surface area contributed by atoms with E-state index in [9.17, 15) is 4.79 Å². The Morgan fingerprint density at radius 3 is 2.82 bits per heavy atom. The number of ether oxygens (including phenoxy) is 1. The summed E-state index contributed by atoms with van der Waals surface area (Å²) in [5, 5.41) is 4.23. The maximum atomic E-state index is 12.3. The van der Waals surface area contributed by atoms with E-state index in [4.69, 9.17) is 16.3 Å². The van der Waals surface area contributed by atoms with E-state index >= 15 is 0 Å². The quantitative estimate of drug-likeness (QED) is 0.664. The first kappa shape index (κ1) is 18.0. The second-order valence-electron chi connectivity index (χ2n) is 9.25. The Morgan fingerprint density at radius 1 is 1.29 bits per heavy atom. The zero-order valence-electron chi connectivity index (χ0n) is 16.5. The normalized spacial score (nSPS) is 19.5. The Hall–Kier alpha value is -2.05. The van der Waals surface area contributed by atoms with Crippen LogP contribution in [0.1, 0.15) is 43.2 Å². The van der Waals surface area contributed by atoms with Crippen LogP contribution in [0.2, 0.25) is 5.15 Å². The van der Waals surface area contributed by atoms with Gasteiger partial charge >= 0.3 is 6.09 Å². The number of hydrogen-bond acceptors (Lipinski definition) is 4. The number of carbonyl (C=O) groups is 1. The molecule has 2 aromatic rings. The van der Waals surface area contributed by atoms with Crippen LogP contribution in [0.5, 0.6) is 0 Å². The van der Waals surface area contributed by atoms with Crippen LogP contribution in [0.4, 0.5) is 4.79 Å². The van der Waals surface area contributed by atoms with Gasteiger partial charge in [0.25, 0.3) is 0 Å². The predicted molar refractivity (Wildman–Crippen MR) is 108 cm³/mol. The summed E-state index contributed by atoms with van der Waals surface area (Å²) in [6.45, 7) is 7.88. The Kier molecular flexibility index (Phi) is 3.84. The van der Waals surface area contributed by atoms with Crippen LogP contribution in [0.3, 0.4) is 0 Å². The summed E-state index contributed by atoms with van der Waals surface area (Å²) in [4.78, 5) is 22.0. The number of likely N-dealkylation sites (tertiary alicyclic amines) is 1. The molecule has 5 rings (SSSR count). The topological polar surface area (TPSA) is 70.2 Å². The number of carbonyl (C=O) groups excluding carboxylic acids is 1. The van der Waals surface area contributed by atoms with Gasteiger partial charge < -0.3 is 19.9 Å². The second kappa shape index (κ2) is 5.97. The number of aryl methyl sites for hydroxylation is 1. The molecule has 6 nitrogen and oxygen atoms in total. The minimum Gasteiger partial charge on any atom is -0.444 e. The Bertz CT molecular complexity index is 970. The molecule has 0 radical (unpaired) electrons. The van der Waals surface area contributed by atoms with Crippen molar-refractivity contribution >= 4 is 17.7 Å². The van der Waals surface area contributed by atoms with Crippen LogP contribution < -0.4 is 5.32 Å². The molecule has 0 saturated carbocycles. The van der Waals surface area contributed by atoms with Crippen LogP contribution in [-0.2, 0) is 30.5 Å². The summed E-state index contributed by atoms with van der Waals surface area (Å²) >= 11 is 6.15. The number of H-pyrrole nitrogens is 1. The van der Waals surface area contributed by atoms with Crippen LogP contribution in [-0.4, -0.2) is 45.2 Å². The predicted octanol–water partition coefficient (Wildman–Crippen LogP) is 3.46. The number of nitrogens with one attached hydrogen (secondary N) is 2. The number of fused-ring (bicyclic) bond motifs is 5. The molecule has 0 aromatic carbocycles. The molecule has 4 heterocycles. The van der Waals surface area contributed by atoms with Gasteiger partial charge in [-0.3, -0.25) is 0 Å². The van der Waals surface area contributed by atoms with E-state index in [1.807, 2.05) is 33.0 Å². The van der Waals surface area contributed by atoms with E-state index in [0.717, 1.165) is 25.8 Å². The molecule has 2 aromatic heterocycles. The molecule has 1 spiro atoms. The fourth-order valence-electron chi connectivity index (χ4n) is 4.70. The smallest absolute Gasteiger partial charge is 0.410 e. The number of pyridine rings is 1. The summed E-state index contributed by atoms with van der Waals surface area (Å²) < 4.78 is 5.49. The summed E-state index contributed by atoms with van der Waals surface area (Å²) in [5.41, 5.74) is 7.16. The minimum atomic E-state index is -0.463. The van der Waals surface area contributed by atoms with Crippen molar-refractivity contribution in [2.24, 2.45) is 0 Å². The van der Waals surface area contributed by atoms with Gasteiger partial charge in [-0.1, -0.05) is 11.6 Å². The molecule has 0 bridgehead atoms. The lowest BCUT2D eigenvalue weighted by atomic mass is 9.80. The van der Waals surface area contributed by atoms with Crippen molar-refractivity contribution in [1.29, 1.82) is 0 Å². The molecule has 148 valence electrons. The number of aromatic amines is 1. The van der Waals surface area contributed by atoms with E-state index in [1.54, 1.807) is 4.90 Å². The van der Waals surface area contributed by atoms with E-state index < -0.39 is 5.60 Å². The molecule has 1 aliphatic carbocycles. The molecule has 0 atom stereocenters. The van der Waals surface area contributed by atoms with Crippen molar-refractivity contribution in [3.8, 4) is 11.3 Å². The SMILES string of the molecule is CC(C)(C)OC(=O)N1CC2(Cc3[nH]c4c(c3CN2)CCc2cnc(Cl)cc2-4)C1. The van der Waals surface area contributed by atoms with Gasteiger partial charge in [-0.2, -0.15) is 0 Å². The van der Waals surface area contributed by atoms with E-state index in [2.05, 4.69) is 15.3 Å². The highest BCUT2D eigenvalue weighted by molar-refractivity contribution is 6.29. The average Bonchev–Trinajstić information content (AvgIpc) is 2.95. The van der Waals surface area contributed by atoms with Gasteiger partial charge in [0.2, 0.25) is 0 Å². The van der Waals surface area contributed by atoms with Gasteiger partial charge in [-0.05, 0) is 56.4 Å². The van der Waals surface area contributed by atoms with Gasteiger partial charge in [0.05, 0.1) is 5.54 Å². The molecule has 2 aliphatic heterocycles. The Morgan fingerprint density at radius 2 is 2.07 bits per heavy atom. The third kappa shape index (κ3) is 2.90. The number of rotatable bonds is 0. The third-order valence-electron chi connectivity index (χ3n) is 5.97. The Labute approximate surface area is 169 Å². The zero-order valence-corrected chi connectivity index (χ0v) is 17.2. The molecule has 1 fully saturated rings. The fourth-order valence-corrected chi connectivity index (χ4v) is 4.85. The fraction of sp³-hybridized carbons (Fsp3) is 0.524. The van der Waals surface area contributed by atoms with Crippen LogP contribution in [0, 0.1) is 0 Å². The highest BCUT2D eigenvalue weighted by Gasteiger charge is 2.49. The highest BCUT2D eigenvalue weighted by atomic mass is 35.5. The minimum absolute atomic E-state index is 0.0595. The molecule has 1 amide bonds. The van der Waals surface area contributed by atoms with E-state index in [0.29, 0.717) is 18.2 Å². The van der Waals surface area contributed by atoms with Crippen molar-refractivity contribution in [1.82, 2.24) is 20.2 Å². The summed E-state index contributed by atoms with van der Waals surface area (Å²) in [7, 11) is 0. The summed E-state index contributed by atoms with van der Waals surface area (Å²) in [5.74, 6) is 0. The first-order valence-electron chi connectivity index (χ1n) is 9.83. The van der Waals surface area contributed by atoms with Gasteiger partial charge in [0.15, 0.2) is 0 Å². The van der Waals surface area contributed by atoms with Crippen LogP contribution in [0.25, 0.3) is 11.3 Å². The van der Waals surface area contributed by atoms with Gasteiger partial charge in [-0.25, -0.2) is 9.78 Å². The molecule has 3 aliphatic rings. The first-order valence-corrected chi connectivity index (χ1v) is 10.2. The van der Waals surface area contributed by atoms with Crippen molar-refractivity contribution in [3.05, 3.63) is 39.8 Å². The second-order valence-corrected chi connectivity index (χ2v) is 9.63. The lowest BCUT2D eigenvalue weighted by Gasteiger charge is -2.52. The number of halogens is 1. The van der Waals surface area contributed by atoms with Crippen LogP contribution >= 0.6 is 11.6 Å². The number of hydrogen-bond donors (Lipinski definition) is 2. The Balaban J connectivity index is 1.37. The third-order valence-corrected chi connectivity index (χ3v) is 6.17. The monoisotopic (exact) mass is 400 g/mol. The van der Waals surface area contributed by atoms with Crippen molar-refractivity contribution in [2.75, 3.05) is 13.1 Å². The lowest BCUT2D eigenvalue weighted by molar-refractivity contribution is -0.0188. The average molecular weight is 401 g/mol. The molecule has 7 heteroatoms. The van der Waals surface area contributed by atoms with E-state index in [1.165, 1.54) is 33.6 Å². The van der Waals surface area contributed by atoms with Crippen molar-refractivity contribution in [3.63, 3.8) is 0 Å². The largest absolute Gasteiger partial charge is 0.444 e. The molecular formula is C21H25ClN4O2. The molecule has 1 saturated heterocycles. The molecule has 28 heavy (non-hydrogen) atoms. The standard InChI is InChI=1S/C21H25ClN4O2/c1-20(2,3)28-19(27)26-10-21(11-26)7-16-15(9-24-21)13-5-4-12-8-23-17(22)6-14(12)18(13)25-16/h6,8,24-25H,4-5,7,9-11H2,1-3H3. The van der Waals surface area contributed by atoms with Crippen molar-refractivity contribution in [2.45, 2.75) is 57.7 Å². The van der Waals surface area contributed by atoms with E-state index in [-0.39, 0.29) is 11.6 Å². The maximum absolute atomic E-state index is 12.3. The van der Waals surface area contributed by atoms with Crippen molar-refractivity contribution < 1.29 is 9.53 Å².